The van der Waals surface area contributed by atoms with Crippen molar-refractivity contribution in [3.05, 3.63) is 0 Å². The average molecular weight is 243 g/mol. The summed E-state index contributed by atoms with van der Waals surface area (Å²) in [4.78, 5) is 2.42. The van der Waals surface area contributed by atoms with Gasteiger partial charge in [-0.1, -0.05) is 6.92 Å². The van der Waals surface area contributed by atoms with Crippen molar-refractivity contribution in [1.82, 2.24) is 4.90 Å². The van der Waals surface area contributed by atoms with Crippen LogP contribution in [0.4, 0.5) is 0 Å². The summed E-state index contributed by atoms with van der Waals surface area (Å²) < 4.78 is 11.4. The molecule has 2 rings (SSSR count). The van der Waals surface area contributed by atoms with Crippen LogP contribution in [0.2, 0.25) is 0 Å². The lowest BCUT2D eigenvalue weighted by atomic mass is 9.88. The van der Waals surface area contributed by atoms with E-state index in [-0.39, 0.29) is 12.2 Å². The zero-order valence-electron chi connectivity index (χ0n) is 10.9. The Balaban J connectivity index is 1.94. The van der Waals surface area contributed by atoms with Crippen molar-refractivity contribution in [3.63, 3.8) is 0 Å². The second-order valence-electron chi connectivity index (χ2n) is 5.24. The lowest BCUT2D eigenvalue weighted by molar-refractivity contribution is -0.107. The third-order valence-corrected chi connectivity index (χ3v) is 3.95. The predicted molar refractivity (Wildman–Crippen MR) is 66.1 cm³/mol. The summed E-state index contributed by atoms with van der Waals surface area (Å²) in [5, 5.41) is 9.15. The minimum Gasteiger partial charge on any atom is -0.395 e. The van der Waals surface area contributed by atoms with Gasteiger partial charge in [-0.2, -0.15) is 0 Å². The van der Waals surface area contributed by atoms with Crippen LogP contribution < -0.4 is 0 Å². The highest BCUT2D eigenvalue weighted by molar-refractivity contribution is 4.93. The molecule has 0 amide bonds. The van der Waals surface area contributed by atoms with Crippen LogP contribution in [0.5, 0.6) is 0 Å². The first-order valence-electron chi connectivity index (χ1n) is 6.86. The molecule has 0 aromatic carbocycles. The van der Waals surface area contributed by atoms with Gasteiger partial charge in [0.05, 0.1) is 18.8 Å². The molecule has 4 nitrogen and oxygen atoms in total. The fraction of sp³-hybridized carbons (Fsp3) is 1.00. The molecule has 2 saturated heterocycles. The van der Waals surface area contributed by atoms with Crippen molar-refractivity contribution >= 4 is 0 Å². The Hall–Kier alpha value is -0.160. The Morgan fingerprint density at radius 2 is 2.24 bits per heavy atom. The zero-order chi connectivity index (χ0) is 12.1. The standard InChI is InChI=1S/C13H25NO3/c1-2-5-14(6-7-15)12-3-8-17-13(10-12)4-9-16-11-13/h12,15H,2-11H2,1H3. The Labute approximate surface area is 104 Å². The maximum absolute atomic E-state index is 9.15. The van der Waals surface area contributed by atoms with E-state index in [0.717, 1.165) is 58.6 Å². The minimum atomic E-state index is -0.0234. The summed E-state index contributed by atoms with van der Waals surface area (Å²) in [6.45, 7) is 6.72. The Bertz CT molecular complexity index is 223. The number of aliphatic hydroxyl groups is 1. The molecule has 0 bridgehead atoms. The Morgan fingerprint density at radius 1 is 1.35 bits per heavy atom. The molecule has 2 atom stereocenters. The van der Waals surface area contributed by atoms with Crippen molar-refractivity contribution in [3.8, 4) is 0 Å². The van der Waals surface area contributed by atoms with E-state index in [1.165, 1.54) is 0 Å². The number of hydrogen-bond donors (Lipinski definition) is 1. The quantitative estimate of drug-likeness (QED) is 0.783. The number of nitrogens with zero attached hydrogens (tertiary/aromatic N) is 1. The van der Waals surface area contributed by atoms with Gasteiger partial charge in [0.15, 0.2) is 0 Å². The largest absolute Gasteiger partial charge is 0.395 e. The molecule has 2 unspecified atom stereocenters. The normalized spacial score (nSPS) is 33.7. The summed E-state index contributed by atoms with van der Waals surface area (Å²) in [7, 11) is 0. The van der Waals surface area contributed by atoms with E-state index in [0.29, 0.717) is 6.04 Å². The summed E-state index contributed by atoms with van der Waals surface area (Å²) in [5.74, 6) is 0. The third-order valence-electron chi connectivity index (χ3n) is 3.95. The number of hydrogen-bond acceptors (Lipinski definition) is 4. The maximum Gasteiger partial charge on any atom is 0.0951 e. The van der Waals surface area contributed by atoms with Crippen LogP contribution in [0.1, 0.15) is 32.6 Å². The van der Waals surface area contributed by atoms with Gasteiger partial charge < -0.3 is 14.6 Å². The molecule has 4 heteroatoms. The van der Waals surface area contributed by atoms with Crippen LogP contribution in [0.15, 0.2) is 0 Å². The van der Waals surface area contributed by atoms with Gasteiger partial charge >= 0.3 is 0 Å². The molecule has 0 aromatic rings. The highest BCUT2D eigenvalue weighted by Gasteiger charge is 2.42. The molecule has 0 aromatic heterocycles. The summed E-state index contributed by atoms with van der Waals surface area (Å²) in [5.41, 5.74) is -0.0234. The van der Waals surface area contributed by atoms with Crippen molar-refractivity contribution in [2.75, 3.05) is 39.5 Å². The fourth-order valence-electron chi connectivity index (χ4n) is 3.07. The van der Waals surface area contributed by atoms with Gasteiger partial charge in [-0.05, 0) is 25.8 Å². The van der Waals surface area contributed by atoms with E-state index in [1.54, 1.807) is 0 Å². The Kier molecular flexibility index (Phi) is 4.79. The highest BCUT2D eigenvalue weighted by atomic mass is 16.6. The van der Waals surface area contributed by atoms with Crippen LogP contribution >= 0.6 is 0 Å². The maximum atomic E-state index is 9.15. The van der Waals surface area contributed by atoms with E-state index >= 15 is 0 Å². The number of rotatable bonds is 5. The predicted octanol–water partition coefficient (Wildman–Crippen LogP) is 1.03. The molecule has 0 saturated carbocycles. The van der Waals surface area contributed by atoms with E-state index in [2.05, 4.69) is 11.8 Å². The monoisotopic (exact) mass is 243 g/mol. The minimum absolute atomic E-state index is 0.0234. The molecule has 0 aliphatic carbocycles. The fourth-order valence-corrected chi connectivity index (χ4v) is 3.07. The molecular weight excluding hydrogens is 218 g/mol. The first kappa shape index (κ1) is 13.3. The van der Waals surface area contributed by atoms with E-state index in [9.17, 15) is 0 Å². The van der Waals surface area contributed by atoms with Crippen LogP contribution in [0.3, 0.4) is 0 Å². The van der Waals surface area contributed by atoms with Gasteiger partial charge in [0.25, 0.3) is 0 Å². The highest BCUT2D eigenvalue weighted by Crippen LogP contribution is 2.34. The zero-order valence-corrected chi connectivity index (χ0v) is 10.9. The van der Waals surface area contributed by atoms with Gasteiger partial charge in [0.1, 0.15) is 0 Å². The molecule has 1 spiro atoms. The van der Waals surface area contributed by atoms with E-state index in [1.807, 2.05) is 0 Å². The smallest absolute Gasteiger partial charge is 0.0951 e. The molecule has 2 aliphatic rings. The van der Waals surface area contributed by atoms with Crippen molar-refractivity contribution in [1.29, 1.82) is 0 Å². The van der Waals surface area contributed by atoms with Gasteiger partial charge in [-0.3, -0.25) is 4.90 Å². The second-order valence-corrected chi connectivity index (χ2v) is 5.24. The van der Waals surface area contributed by atoms with Gasteiger partial charge in [-0.25, -0.2) is 0 Å². The van der Waals surface area contributed by atoms with Crippen LogP contribution in [0, 0.1) is 0 Å². The second kappa shape index (κ2) is 6.14. The van der Waals surface area contributed by atoms with Crippen LogP contribution in [0.25, 0.3) is 0 Å². The first-order valence-corrected chi connectivity index (χ1v) is 6.86. The number of aliphatic hydroxyl groups excluding tert-OH is 1. The van der Waals surface area contributed by atoms with Crippen molar-refractivity contribution in [2.24, 2.45) is 0 Å². The molecular formula is C13H25NO3. The average Bonchev–Trinajstić information content (AvgIpc) is 2.77. The molecule has 100 valence electrons. The van der Waals surface area contributed by atoms with Crippen LogP contribution in [-0.2, 0) is 9.47 Å². The van der Waals surface area contributed by atoms with Crippen LogP contribution in [-0.4, -0.2) is 61.2 Å². The summed E-state index contributed by atoms with van der Waals surface area (Å²) >= 11 is 0. The van der Waals surface area contributed by atoms with Crippen molar-refractivity contribution in [2.45, 2.75) is 44.2 Å². The molecule has 2 fully saturated rings. The summed E-state index contributed by atoms with van der Waals surface area (Å²) in [6, 6.07) is 0.553. The SMILES string of the molecule is CCCN(CCO)C1CCOC2(CCOC2)C1. The topological polar surface area (TPSA) is 41.9 Å². The first-order chi connectivity index (χ1) is 8.29. The molecule has 1 N–H and O–H groups in total. The van der Waals surface area contributed by atoms with E-state index < -0.39 is 0 Å². The number of ether oxygens (including phenoxy) is 2. The third kappa shape index (κ3) is 3.19. The molecule has 2 aliphatic heterocycles. The Morgan fingerprint density at radius 3 is 2.88 bits per heavy atom. The lowest BCUT2D eigenvalue weighted by Gasteiger charge is -2.42. The molecule has 2 heterocycles. The lowest BCUT2D eigenvalue weighted by Crippen LogP contribution is -2.50. The molecule has 0 radical (unpaired) electrons. The van der Waals surface area contributed by atoms with Gasteiger partial charge in [0, 0.05) is 32.2 Å². The molecule has 17 heavy (non-hydrogen) atoms. The van der Waals surface area contributed by atoms with Gasteiger partial charge in [-0.15, -0.1) is 0 Å². The van der Waals surface area contributed by atoms with Crippen molar-refractivity contribution < 1.29 is 14.6 Å². The summed E-state index contributed by atoms with van der Waals surface area (Å²) in [6.07, 6.45) is 4.32. The van der Waals surface area contributed by atoms with E-state index in [4.69, 9.17) is 14.6 Å². The van der Waals surface area contributed by atoms with Gasteiger partial charge in [0.2, 0.25) is 0 Å².